The molecule has 8 unspecified atom stereocenters. The summed E-state index contributed by atoms with van der Waals surface area (Å²) in [5.41, 5.74) is 5.52. The van der Waals surface area contributed by atoms with Crippen LogP contribution in [0.2, 0.25) is 0 Å². The van der Waals surface area contributed by atoms with Crippen LogP contribution in [-0.2, 0) is 18.3 Å². The third-order valence-electron chi connectivity index (χ3n) is 13.5. The fourth-order valence-electron chi connectivity index (χ4n) is 11.7. The number of pyridine rings is 1. The number of allylic oxidation sites excluding steroid dienone is 2. The van der Waals surface area contributed by atoms with Gasteiger partial charge in [0.05, 0.1) is 0 Å². The molecular formula is C36H50N4O. The molecule has 2 aromatic rings. The van der Waals surface area contributed by atoms with Gasteiger partial charge in [0.25, 0.3) is 0 Å². The van der Waals surface area contributed by atoms with E-state index in [1.165, 1.54) is 50.5 Å². The second-order valence-corrected chi connectivity index (χ2v) is 15.8. The van der Waals surface area contributed by atoms with Gasteiger partial charge < -0.3 is 4.57 Å². The first-order chi connectivity index (χ1) is 19.5. The summed E-state index contributed by atoms with van der Waals surface area (Å²) in [5.74, 6) is 6.35. The number of nitrogens with zero attached hydrogens (tertiary/aromatic N) is 4. The third-order valence-corrected chi connectivity index (χ3v) is 13.5. The Morgan fingerprint density at radius 1 is 0.976 bits per heavy atom. The molecule has 41 heavy (non-hydrogen) atoms. The quantitative estimate of drug-likeness (QED) is 0.385. The lowest BCUT2D eigenvalue weighted by molar-refractivity contribution is -0.133. The highest BCUT2D eigenvalue weighted by atomic mass is 16.1. The Balaban J connectivity index is 1.26. The van der Waals surface area contributed by atoms with E-state index in [1.54, 1.807) is 5.57 Å². The van der Waals surface area contributed by atoms with E-state index >= 15 is 0 Å². The predicted molar refractivity (Wildman–Crippen MR) is 163 cm³/mol. The topological polar surface area (TPSA) is 60.7 Å². The van der Waals surface area contributed by atoms with Gasteiger partial charge in [-0.05, 0) is 122 Å². The zero-order valence-corrected chi connectivity index (χ0v) is 26.5. The third kappa shape index (κ3) is 3.85. The molecule has 5 aliphatic rings. The summed E-state index contributed by atoms with van der Waals surface area (Å²) in [7, 11) is 2.08. The van der Waals surface area contributed by atoms with Crippen molar-refractivity contribution in [3.63, 3.8) is 0 Å². The standard InChI is InChI=1S/C36H50N4O/c1-21(2)31-28(41)18-36(19-30-38-39-33(40(30)7)27-10-8-22(3)20-37-27)17-14-26-24(32(31)36)9-11-29-34(5)15-12-23(4)25(34)13-16-35(26,29)6/h8,10,20-21,23-26,29H,9,11-19H2,1-7H3. The number of carbonyl (C=O) groups excluding carboxylic acids is 1. The molecule has 0 saturated heterocycles. The van der Waals surface area contributed by atoms with Gasteiger partial charge in [0.2, 0.25) is 0 Å². The Bertz CT molecular complexity index is 1400. The van der Waals surface area contributed by atoms with Crippen molar-refractivity contribution in [1.29, 1.82) is 0 Å². The highest BCUT2D eigenvalue weighted by Gasteiger charge is 2.64. The number of Topliss-reactive ketones (excluding diaryl/α,β-unsaturated/α-hetero) is 1. The monoisotopic (exact) mass is 554 g/mol. The largest absolute Gasteiger partial charge is 0.313 e. The van der Waals surface area contributed by atoms with E-state index < -0.39 is 0 Å². The number of ketones is 1. The molecule has 5 heteroatoms. The van der Waals surface area contributed by atoms with Crippen LogP contribution in [0.1, 0.15) is 104 Å². The number of fused-ring (bicyclic) bond motifs is 7. The molecule has 8 atom stereocenters. The van der Waals surface area contributed by atoms with Crippen LogP contribution in [0.4, 0.5) is 0 Å². The molecule has 0 N–H and O–H groups in total. The Hall–Kier alpha value is -2.30. The van der Waals surface area contributed by atoms with Crippen molar-refractivity contribution >= 4 is 5.78 Å². The summed E-state index contributed by atoms with van der Waals surface area (Å²) in [4.78, 5) is 18.5. The maximum absolute atomic E-state index is 13.9. The molecule has 0 bridgehead atoms. The molecule has 220 valence electrons. The van der Waals surface area contributed by atoms with Gasteiger partial charge in [-0.25, -0.2) is 0 Å². The smallest absolute Gasteiger partial charge is 0.182 e. The molecule has 5 aliphatic carbocycles. The zero-order valence-electron chi connectivity index (χ0n) is 26.5. The second kappa shape index (κ2) is 9.35. The van der Waals surface area contributed by atoms with Gasteiger partial charge in [0.1, 0.15) is 11.5 Å². The minimum absolute atomic E-state index is 0.108. The first kappa shape index (κ1) is 27.5. The fourth-order valence-corrected chi connectivity index (χ4v) is 11.7. The van der Waals surface area contributed by atoms with Crippen LogP contribution in [0.15, 0.2) is 29.5 Å². The van der Waals surface area contributed by atoms with Crippen LogP contribution < -0.4 is 0 Å². The molecule has 0 amide bonds. The molecular weight excluding hydrogens is 504 g/mol. The molecule has 0 radical (unpaired) electrons. The predicted octanol–water partition coefficient (Wildman–Crippen LogP) is 7.93. The van der Waals surface area contributed by atoms with Gasteiger partial charge >= 0.3 is 0 Å². The van der Waals surface area contributed by atoms with Gasteiger partial charge in [-0.3, -0.25) is 9.78 Å². The molecule has 2 aromatic heterocycles. The molecule has 2 heterocycles. The van der Waals surface area contributed by atoms with Crippen LogP contribution in [0.25, 0.3) is 11.5 Å². The first-order valence-electron chi connectivity index (χ1n) is 16.6. The lowest BCUT2D eigenvalue weighted by atomic mass is 9.40. The van der Waals surface area contributed by atoms with E-state index in [1.807, 2.05) is 12.3 Å². The first-order valence-corrected chi connectivity index (χ1v) is 16.6. The minimum atomic E-state index is -0.108. The van der Waals surface area contributed by atoms with E-state index in [2.05, 4.69) is 69.3 Å². The molecule has 0 spiro atoms. The minimum Gasteiger partial charge on any atom is -0.313 e. The summed E-state index contributed by atoms with van der Waals surface area (Å²) >= 11 is 0. The highest BCUT2D eigenvalue weighted by molar-refractivity contribution is 6.00. The van der Waals surface area contributed by atoms with E-state index in [0.717, 1.165) is 53.5 Å². The fraction of sp³-hybridized carbons (Fsp3) is 0.722. The number of hydrogen-bond donors (Lipinski definition) is 0. The van der Waals surface area contributed by atoms with Crippen molar-refractivity contribution in [2.75, 3.05) is 0 Å². The van der Waals surface area contributed by atoms with Gasteiger partial charge in [-0.2, -0.15) is 0 Å². The number of carbonyl (C=O) groups is 1. The van der Waals surface area contributed by atoms with Crippen LogP contribution in [0.5, 0.6) is 0 Å². The zero-order chi connectivity index (χ0) is 28.9. The van der Waals surface area contributed by atoms with Crippen molar-refractivity contribution in [2.45, 2.75) is 106 Å². The van der Waals surface area contributed by atoms with E-state index in [0.29, 0.717) is 34.9 Å². The highest BCUT2D eigenvalue weighted by Crippen LogP contribution is 2.72. The summed E-state index contributed by atoms with van der Waals surface area (Å²) in [5, 5.41) is 9.34. The Morgan fingerprint density at radius 2 is 1.71 bits per heavy atom. The van der Waals surface area contributed by atoms with Crippen LogP contribution in [0, 0.1) is 58.7 Å². The average Bonchev–Trinajstić information content (AvgIpc) is 3.54. The van der Waals surface area contributed by atoms with Gasteiger partial charge in [-0.15, -0.1) is 10.2 Å². The van der Waals surface area contributed by atoms with Crippen LogP contribution in [-0.4, -0.2) is 25.5 Å². The van der Waals surface area contributed by atoms with Gasteiger partial charge in [0.15, 0.2) is 11.6 Å². The lowest BCUT2D eigenvalue weighted by Gasteiger charge is -2.64. The second-order valence-electron chi connectivity index (χ2n) is 15.8. The summed E-state index contributed by atoms with van der Waals surface area (Å²) in [6.07, 6.45) is 13.9. The Morgan fingerprint density at radius 3 is 2.44 bits per heavy atom. The molecule has 0 aliphatic heterocycles. The van der Waals surface area contributed by atoms with Crippen LogP contribution in [0.3, 0.4) is 0 Å². The molecule has 0 aromatic carbocycles. The van der Waals surface area contributed by atoms with Crippen molar-refractivity contribution in [1.82, 2.24) is 19.7 Å². The van der Waals surface area contributed by atoms with E-state index in [4.69, 9.17) is 5.10 Å². The molecule has 4 saturated carbocycles. The average molecular weight is 555 g/mol. The molecule has 4 fully saturated rings. The van der Waals surface area contributed by atoms with Crippen molar-refractivity contribution in [2.24, 2.45) is 58.8 Å². The van der Waals surface area contributed by atoms with Crippen molar-refractivity contribution < 1.29 is 4.79 Å². The SMILES string of the molecule is Cc1ccc(-c2nnc(CC34CCC5C(CCC6C7(C)CCC(C)C7CCC56C)C3=C(C(C)C)C(=O)C4)n2C)nc1. The summed E-state index contributed by atoms with van der Waals surface area (Å²) < 4.78 is 2.13. The summed E-state index contributed by atoms with van der Waals surface area (Å²) in [6.45, 7) is 14.4. The van der Waals surface area contributed by atoms with E-state index in [-0.39, 0.29) is 11.3 Å². The number of aryl methyl sites for hydroxylation is 1. The lowest BCUT2D eigenvalue weighted by Crippen LogP contribution is -2.57. The maximum Gasteiger partial charge on any atom is 0.182 e. The van der Waals surface area contributed by atoms with Crippen molar-refractivity contribution in [3.8, 4) is 11.5 Å². The van der Waals surface area contributed by atoms with Crippen molar-refractivity contribution in [3.05, 3.63) is 40.9 Å². The molecule has 7 rings (SSSR count). The number of aromatic nitrogens is 4. The Kier molecular flexibility index (Phi) is 6.28. The Labute approximate surface area is 247 Å². The van der Waals surface area contributed by atoms with Gasteiger partial charge in [-0.1, -0.05) is 46.3 Å². The normalized spacial score (nSPS) is 40.0. The summed E-state index contributed by atoms with van der Waals surface area (Å²) in [6, 6.07) is 4.12. The number of hydrogen-bond acceptors (Lipinski definition) is 4. The van der Waals surface area contributed by atoms with Gasteiger partial charge in [0, 0.05) is 31.5 Å². The van der Waals surface area contributed by atoms with E-state index in [9.17, 15) is 4.79 Å². The maximum atomic E-state index is 13.9. The van der Waals surface area contributed by atoms with Crippen LogP contribution >= 0.6 is 0 Å². The number of rotatable bonds is 4. The molecule has 5 nitrogen and oxygen atoms in total.